The summed E-state index contributed by atoms with van der Waals surface area (Å²) in [5, 5.41) is 9.02. The quantitative estimate of drug-likeness (QED) is 0.353. The lowest BCUT2D eigenvalue weighted by molar-refractivity contribution is -0.142. The average molecular weight is 252 g/mol. The first-order valence-corrected chi connectivity index (χ1v) is 6.23. The van der Waals surface area contributed by atoms with E-state index >= 15 is 0 Å². The minimum absolute atomic E-state index is 0.0489. The summed E-state index contributed by atoms with van der Waals surface area (Å²) in [6.45, 7) is 2.03. The lowest BCUT2D eigenvalue weighted by Gasteiger charge is -2.14. The highest BCUT2D eigenvalue weighted by atomic mass is 16.5. The van der Waals surface area contributed by atoms with Crippen LogP contribution in [0.1, 0.15) is 32.6 Å². The molecule has 0 amide bonds. The van der Waals surface area contributed by atoms with Crippen LogP contribution in [0.4, 0.5) is 0 Å². The molecule has 4 nitrogen and oxygen atoms in total. The van der Waals surface area contributed by atoms with E-state index in [1.54, 1.807) is 0 Å². The molecule has 1 N–H and O–H groups in total. The number of methoxy groups -OCH3 is 1. The molecule has 1 rings (SSSR count). The van der Waals surface area contributed by atoms with Gasteiger partial charge in [-0.3, -0.25) is 9.59 Å². The fraction of sp³-hybridized carbons (Fsp3) is 0.571. The monoisotopic (exact) mass is 252 g/mol. The van der Waals surface area contributed by atoms with Crippen molar-refractivity contribution in [2.45, 2.75) is 32.6 Å². The van der Waals surface area contributed by atoms with E-state index in [1.807, 2.05) is 19.1 Å². The molecule has 0 aromatic carbocycles. The number of hydrogen-bond donors (Lipinski definition) is 1. The number of esters is 1. The first-order valence-electron chi connectivity index (χ1n) is 6.23. The van der Waals surface area contributed by atoms with E-state index in [2.05, 4.69) is 4.74 Å². The van der Waals surface area contributed by atoms with E-state index in [1.165, 1.54) is 7.11 Å². The van der Waals surface area contributed by atoms with Crippen molar-refractivity contribution in [1.82, 2.24) is 0 Å². The normalized spacial score (nSPS) is 26.1. The van der Waals surface area contributed by atoms with Gasteiger partial charge in [0.25, 0.3) is 0 Å². The first-order chi connectivity index (χ1) is 8.63. The third-order valence-corrected chi connectivity index (χ3v) is 3.31. The van der Waals surface area contributed by atoms with Crippen molar-refractivity contribution in [2.24, 2.45) is 11.8 Å². The lowest BCUT2D eigenvalue weighted by Crippen LogP contribution is -2.18. The molecule has 1 fully saturated rings. The Labute approximate surface area is 107 Å². The molecule has 1 aliphatic carbocycles. The van der Waals surface area contributed by atoms with Gasteiger partial charge in [0.2, 0.25) is 0 Å². The van der Waals surface area contributed by atoms with Crippen LogP contribution in [0.15, 0.2) is 24.0 Å². The number of carbonyl (C=O) groups excluding carboxylic acids is 2. The molecular formula is C14H20O4. The summed E-state index contributed by atoms with van der Waals surface area (Å²) in [4.78, 5) is 23.3. The highest BCUT2D eigenvalue weighted by Crippen LogP contribution is 2.37. The molecule has 4 heteroatoms. The minimum atomic E-state index is -0.309. The Morgan fingerprint density at radius 3 is 2.78 bits per heavy atom. The fourth-order valence-electron chi connectivity index (χ4n) is 2.31. The van der Waals surface area contributed by atoms with Gasteiger partial charge in [-0.05, 0) is 25.2 Å². The van der Waals surface area contributed by atoms with Gasteiger partial charge in [-0.25, -0.2) is 0 Å². The first kappa shape index (κ1) is 14.5. The standard InChI is InChI=1S/C14H20O4/c1-3-4-5-6-12-10(8-13(16)18-2)7-11(9-15)14(12)17/h4-5,9-10,12,15H,3,6-8H2,1-2H3/b5-4+,11-9-. The second-order valence-corrected chi connectivity index (χ2v) is 4.48. The van der Waals surface area contributed by atoms with E-state index < -0.39 is 0 Å². The van der Waals surface area contributed by atoms with Crippen LogP contribution in [0.3, 0.4) is 0 Å². The average Bonchev–Trinajstić information content (AvgIpc) is 2.66. The van der Waals surface area contributed by atoms with Crippen LogP contribution in [-0.4, -0.2) is 24.0 Å². The largest absolute Gasteiger partial charge is 0.515 e. The molecule has 0 aromatic rings. The van der Waals surface area contributed by atoms with Crippen LogP contribution in [0.2, 0.25) is 0 Å². The molecule has 1 saturated carbocycles. The van der Waals surface area contributed by atoms with E-state index in [-0.39, 0.29) is 30.0 Å². The van der Waals surface area contributed by atoms with E-state index in [4.69, 9.17) is 5.11 Å². The predicted molar refractivity (Wildman–Crippen MR) is 68.0 cm³/mol. The highest BCUT2D eigenvalue weighted by molar-refractivity contribution is 6.00. The molecular weight excluding hydrogens is 232 g/mol. The molecule has 2 atom stereocenters. The van der Waals surface area contributed by atoms with Gasteiger partial charge in [-0.1, -0.05) is 19.1 Å². The summed E-state index contributed by atoms with van der Waals surface area (Å²) < 4.78 is 4.64. The Kier molecular flexibility index (Phi) is 5.62. The van der Waals surface area contributed by atoms with Crippen LogP contribution in [0.5, 0.6) is 0 Å². The zero-order valence-electron chi connectivity index (χ0n) is 10.9. The summed E-state index contributed by atoms with van der Waals surface area (Å²) in [6.07, 6.45) is 7.06. The number of ether oxygens (including phenoxy) is 1. The Bertz CT molecular complexity index is 368. The topological polar surface area (TPSA) is 63.6 Å². The highest BCUT2D eigenvalue weighted by Gasteiger charge is 2.38. The summed E-state index contributed by atoms with van der Waals surface area (Å²) >= 11 is 0. The van der Waals surface area contributed by atoms with Crippen LogP contribution >= 0.6 is 0 Å². The Morgan fingerprint density at radius 2 is 2.22 bits per heavy atom. The Hall–Kier alpha value is -1.58. The molecule has 0 bridgehead atoms. The molecule has 0 aliphatic heterocycles. The Morgan fingerprint density at radius 1 is 1.50 bits per heavy atom. The smallest absolute Gasteiger partial charge is 0.305 e. The zero-order valence-corrected chi connectivity index (χ0v) is 10.9. The number of allylic oxidation sites excluding steroid dienone is 3. The number of rotatable bonds is 5. The molecule has 0 saturated heterocycles. The summed E-state index contributed by atoms with van der Waals surface area (Å²) in [6, 6.07) is 0. The third kappa shape index (κ3) is 3.45. The van der Waals surface area contributed by atoms with Crippen molar-refractivity contribution in [2.75, 3.05) is 7.11 Å². The molecule has 1 aliphatic rings. The minimum Gasteiger partial charge on any atom is -0.515 e. The van der Waals surface area contributed by atoms with Gasteiger partial charge in [0.1, 0.15) is 0 Å². The molecule has 18 heavy (non-hydrogen) atoms. The summed E-state index contributed by atoms with van der Waals surface area (Å²) in [5.41, 5.74) is 0.416. The number of aliphatic hydroxyl groups excluding tert-OH is 1. The Balaban J connectivity index is 2.75. The van der Waals surface area contributed by atoms with Crippen molar-refractivity contribution in [3.05, 3.63) is 24.0 Å². The molecule has 0 aromatic heterocycles. The van der Waals surface area contributed by atoms with Crippen molar-refractivity contribution in [3.63, 3.8) is 0 Å². The molecule has 0 heterocycles. The van der Waals surface area contributed by atoms with Crippen molar-refractivity contribution < 1.29 is 19.4 Å². The van der Waals surface area contributed by atoms with Crippen LogP contribution in [0, 0.1) is 11.8 Å². The number of hydrogen-bond acceptors (Lipinski definition) is 4. The molecule has 2 unspecified atom stereocenters. The number of aliphatic hydroxyl groups is 1. The molecule has 100 valence electrons. The fourth-order valence-corrected chi connectivity index (χ4v) is 2.31. The zero-order chi connectivity index (χ0) is 13.5. The molecule has 0 spiro atoms. The van der Waals surface area contributed by atoms with Gasteiger partial charge >= 0.3 is 5.97 Å². The second kappa shape index (κ2) is 6.99. The number of Topliss-reactive ketones (excluding diaryl/α,β-unsaturated/α-hetero) is 1. The van der Waals surface area contributed by atoms with Gasteiger partial charge in [0.15, 0.2) is 5.78 Å². The van der Waals surface area contributed by atoms with Gasteiger partial charge in [0, 0.05) is 17.9 Å². The maximum absolute atomic E-state index is 12.0. The maximum atomic E-state index is 12.0. The van der Waals surface area contributed by atoms with E-state index in [9.17, 15) is 9.59 Å². The molecule has 0 radical (unpaired) electrons. The van der Waals surface area contributed by atoms with Crippen LogP contribution in [-0.2, 0) is 14.3 Å². The number of ketones is 1. The van der Waals surface area contributed by atoms with Gasteiger partial charge in [-0.2, -0.15) is 0 Å². The SMILES string of the molecule is CC/C=C/CC1C(=O)/C(=C\O)CC1CC(=O)OC. The summed E-state index contributed by atoms with van der Waals surface area (Å²) in [7, 11) is 1.34. The van der Waals surface area contributed by atoms with Crippen LogP contribution < -0.4 is 0 Å². The van der Waals surface area contributed by atoms with Gasteiger partial charge in [-0.15, -0.1) is 0 Å². The van der Waals surface area contributed by atoms with Gasteiger partial charge < -0.3 is 9.84 Å². The summed E-state index contributed by atoms with van der Waals surface area (Å²) in [5.74, 6) is -0.640. The van der Waals surface area contributed by atoms with Gasteiger partial charge in [0.05, 0.1) is 13.4 Å². The second-order valence-electron chi connectivity index (χ2n) is 4.48. The third-order valence-electron chi connectivity index (χ3n) is 3.31. The lowest BCUT2D eigenvalue weighted by atomic mass is 9.89. The van der Waals surface area contributed by atoms with Crippen molar-refractivity contribution in [1.29, 1.82) is 0 Å². The van der Waals surface area contributed by atoms with Crippen LogP contribution in [0.25, 0.3) is 0 Å². The maximum Gasteiger partial charge on any atom is 0.305 e. The van der Waals surface area contributed by atoms with E-state index in [0.717, 1.165) is 12.7 Å². The van der Waals surface area contributed by atoms with Crippen molar-refractivity contribution in [3.8, 4) is 0 Å². The van der Waals surface area contributed by atoms with E-state index in [0.29, 0.717) is 18.4 Å². The predicted octanol–water partition coefficient (Wildman–Crippen LogP) is 2.55. The number of carbonyl (C=O) groups is 2. The van der Waals surface area contributed by atoms with Crippen molar-refractivity contribution >= 4 is 11.8 Å².